The van der Waals surface area contributed by atoms with Crippen LogP contribution in [0, 0.1) is 0 Å². The van der Waals surface area contributed by atoms with E-state index in [1.807, 2.05) is 24.3 Å². The Bertz CT molecular complexity index is 753. The molecule has 5 atom stereocenters. The molecule has 1 heterocycles. The Labute approximate surface area is 173 Å². The molecule has 5 nitrogen and oxygen atoms in total. The number of ether oxygens (including phenoxy) is 1. The Morgan fingerprint density at radius 3 is 2.36 bits per heavy atom. The predicted molar refractivity (Wildman–Crippen MR) is 113 cm³/mol. The molecule has 28 heavy (non-hydrogen) atoms. The van der Waals surface area contributed by atoms with Crippen LogP contribution in [-0.4, -0.2) is 61.8 Å². The molecule has 0 radical (unpaired) electrons. The average Bonchev–Trinajstić information content (AvgIpc) is 2.71. The van der Waals surface area contributed by atoms with Crippen molar-refractivity contribution in [3.63, 3.8) is 0 Å². The van der Waals surface area contributed by atoms with Crippen molar-refractivity contribution in [2.75, 3.05) is 12.4 Å². The molecule has 2 aromatic rings. The van der Waals surface area contributed by atoms with Crippen molar-refractivity contribution >= 4 is 23.5 Å². The van der Waals surface area contributed by atoms with Crippen LogP contribution < -0.4 is 4.74 Å². The van der Waals surface area contributed by atoms with Gasteiger partial charge in [-0.15, -0.1) is 23.5 Å². The van der Waals surface area contributed by atoms with Gasteiger partial charge in [0.1, 0.15) is 18.0 Å². The lowest BCUT2D eigenvalue weighted by Crippen LogP contribution is -2.55. The fraction of sp³-hybridized carbons (Fsp3) is 0.429. The fourth-order valence-corrected chi connectivity index (χ4v) is 5.04. The largest absolute Gasteiger partial charge is 0.477 e. The molecule has 1 aliphatic rings. The molecule has 0 saturated carbocycles. The van der Waals surface area contributed by atoms with Crippen LogP contribution in [0.2, 0.25) is 0 Å². The summed E-state index contributed by atoms with van der Waals surface area (Å²) in [6.45, 7) is 1.82. The van der Waals surface area contributed by atoms with Gasteiger partial charge >= 0.3 is 0 Å². The number of benzene rings is 2. The first-order valence-corrected chi connectivity index (χ1v) is 11.2. The van der Waals surface area contributed by atoms with Gasteiger partial charge in [0, 0.05) is 11.3 Å². The highest BCUT2D eigenvalue weighted by Crippen LogP contribution is 2.35. The van der Waals surface area contributed by atoms with Gasteiger partial charge in [-0.05, 0) is 35.1 Å². The van der Waals surface area contributed by atoms with Gasteiger partial charge < -0.3 is 25.2 Å². The van der Waals surface area contributed by atoms with E-state index in [1.165, 1.54) is 4.90 Å². The second kappa shape index (κ2) is 10.0. The number of aliphatic hydroxyl groups excluding tert-OH is 4. The van der Waals surface area contributed by atoms with Gasteiger partial charge in [-0.2, -0.15) is 0 Å². The molecule has 0 aromatic heterocycles. The van der Waals surface area contributed by atoms with E-state index in [1.54, 1.807) is 11.8 Å². The minimum atomic E-state index is -1.36. The molecule has 1 fully saturated rings. The van der Waals surface area contributed by atoms with Crippen LogP contribution in [0.15, 0.2) is 53.4 Å². The summed E-state index contributed by atoms with van der Waals surface area (Å²) in [7, 11) is 0. The molecule has 0 unspecified atom stereocenters. The quantitative estimate of drug-likeness (QED) is 0.509. The molecule has 4 N–H and O–H groups in total. The van der Waals surface area contributed by atoms with Crippen LogP contribution in [0.1, 0.15) is 18.1 Å². The van der Waals surface area contributed by atoms with E-state index in [9.17, 15) is 20.4 Å². The van der Waals surface area contributed by atoms with Gasteiger partial charge in [-0.1, -0.05) is 37.3 Å². The van der Waals surface area contributed by atoms with Crippen molar-refractivity contribution in [1.82, 2.24) is 0 Å². The summed E-state index contributed by atoms with van der Waals surface area (Å²) in [4.78, 5) is 1.24. The summed E-state index contributed by atoms with van der Waals surface area (Å²) in [5, 5.41) is 39.1. The molecule has 152 valence electrons. The Morgan fingerprint density at radius 1 is 0.964 bits per heavy atom. The van der Waals surface area contributed by atoms with E-state index < -0.39 is 29.0 Å². The average molecular weight is 423 g/mol. The molecule has 0 aliphatic carbocycles. The Morgan fingerprint density at radius 2 is 1.68 bits per heavy atom. The highest BCUT2D eigenvalue weighted by molar-refractivity contribution is 8.00. The Kier molecular flexibility index (Phi) is 7.68. The van der Waals surface area contributed by atoms with Gasteiger partial charge in [-0.25, -0.2) is 0 Å². The summed E-state index contributed by atoms with van der Waals surface area (Å²) in [5.41, 5.74) is 1.34. The number of hydrogen-bond acceptors (Lipinski definition) is 7. The maximum absolute atomic E-state index is 10.3. The third-order valence-electron chi connectivity index (χ3n) is 4.69. The number of para-hydroxylation sites is 1. The van der Waals surface area contributed by atoms with E-state index in [4.69, 9.17) is 4.74 Å². The molecular formula is C21H26O5S2. The maximum Gasteiger partial charge on any atom is 0.173 e. The van der Waals surface area contributed by atoms with Crippen molar-refractivity contribution < 1.29 is 25.2 Å². The van der Waals surface area contributed by atoms with Crippen molar-refractivity contribution in [3.8, 4) is 5.75 Å². The molecule has 3 rings (SSSR count). The number of hydrogen-bond donors (Lipinski definition) is 4. The van der Waals surface area contributed by atoms with Gasteiger partial charge in [0.2, 0.25) is 0 Å². The van der Waals surface area contributed by atoms with E-state index in [2.05, 4.69) is 31.2 Å². The van der Waals surface area contributed by atoms with Crippen LogP contribution in [-0.2, 0) is 6.42 Å². The normalized spacial score (nSPS) is 27.5. The zero-order valence-electron chi connectivity index (χ0n) is 15.6. The van der Waals surface area contributed by atoms with E-state index in [0.29, 0.717) is 12.2 Å². The number of aliphatic hydroxyl groups is 4. The smallest absolute Gasteiger partial charge is 0.173 e. The van der Waals surface area contributed by atoms with Crippen molar-refractivity contribution in [3.05, 3.63) is 59.7 Å². The topological polar surface area (TPSA) is 90.2 Å². The lowest BCUT2D eigenvalue weighted by Gasteiger charge is -2.39. The third-order valence-corrected chi connectivity index (χ3v) is 7.01. The first-order chi connectivity index (χ1) is 13.5. The Balaban J connectivity index is 1.74. The molecule has 0 bridgehead atoms. The van der Waals surface area contributed by atoms with Crippen molar-refractivity contribution in [2.45, 2.75) is 47.2 Å². The van der Waals surface area contributed by atoms with Gasteiger partial charge in [0.25, 0.3) is 0 Å². The summed E-state index contributed by atoms with van der Waals surface area (Å²) in [6.07, 6.45) is -3.13. The first kappa shape index (κ1) is 21.5. The molecule has 1 saturated heterocycles. The van der Waals surface area contributed by atoms with Gasteiger partial charge in [0.15, 0.2) is 5.44 Å². The molecule has 0 amide bonds. The van der Waals surface area contributed by atoms with Crippen molar-refractivity contribution in [2.24, 2.45) is 0 Å². The highest BCUT2D eigenvalue weighted by Gasteiger charge is 2.44. The molecule has 2 aromatic carbocycles. The fourth-order valence-electron chi connectivity index (χ4n) is 3.14. The lowest BCUT2D eigenvalue weighted by atomic mass is 10.0. The molecular weight excluding hydrogens is 396 g/mol. The van der Waals surface area contributed by atoms with Crippen LogP contribution in [0.5, 0.6) is 5.75 Å². The maximum atomic E-state index is 10.3. The zero-order chi connectivity index (χ0) is 20.1. The van der Waals surface area contributed by atoms with E-state index >= 15 is 0 Å². The summed E-state index contributed by atoms with van der Waals surface area (Å²) < 4.78 is 6.01. The van der Waals surface area contributed by atoms with Crippen LogP contribution in [0.25, 0.3) is 0 Å². The van der Waals surface area contributed by atoms with E-state index in [-0.39, 0.29) is 6.61 Å². The third kappa shape index (κ3) is 5.03. The number of rotatable bonds is 7. The monoisotopic (exact) mass is 422 g/mol. The van der Waals surface area contributed by atoms with Gasteiger partial charge in [0.05, 0.1) is 18.0 Å². The summed E-state index contributed by atoms with van der Waals surface area (Å²) in [6, 6.07) is 16.0. The second-order valence-corrected chi connectivity index (χ2v) is 9.36. The summed E-state index contributed by atoms with van der Waals surface area (Å²) >= 11 is 2.93. The molecule has 7 heteroatoms. The van der Waals surface area contributed by atoms with Crippen LogP contribution in [0.3, 0.4) is 0 Å². The lowest BCUT2D eigenvalue weighted by molar-refractivity contribution is -0.0910. The molecule has 1 aliphatic heterocycles. The number of thioether (sulfide) groups is 2. The SMILES string of the molecule is CCSc1ccc(Cc2ccccc2O[C@H]2S[C@@H](CO)[C@@H](O)[C@H](O)[C@H]2O)cc1. The van der Waals surface area contributed by atoms with Crippen LogP contribution in [0.4, 0.5) is 0 Å². The first-order valence-electron chi connectivity index (χ1n) is 9.30. The Hall–Kier alpha value is -1.22. The van der Waals surface area contributed by atoms with Crippen LogP contribution >= 0.6 is 23.5 Å². The van der Waals surface area contributed by atoms with Gasteiger partial charge in [-0.3, -0.25) is 0 Å². The highest BCUT2D eigenvalue weighted by atomic mass is 32.2. The minimum Gasteiger partial charge on any atom is -0.477 e. The zero-order valence-corrected chi connectivity index (χ0v) is 17.3. The van der Waals surface area contributed by atoms with E-state index in [0.717, 1.165) is 28.6 Å². The predicted octanol–water partition coefficient (Wildman–Crippen LogP) is 2.28. The standard InChI is InChI=1S/C21H26O5S2/c1-2-27-15-9-7-13(8-10-15)11-14-5-3-4-6-16(14)26-21-20(25)19(24)18(23)17(12-22)28-21/h3-10,17-25H,2,11-12H2,1H3/t17-,18+,19-,20+,21-/m0/s1. The minimum absolute atomic E-state index is 0.306. The second-order valence-electron chi connectivity index (χ2n) is 6.68. The van der Waals surface area contributed by atoms with Crippen molar-refractivity contribution in [1.29, 1.82) is 0 Å². The molecule has 0 spiro atoms. The summed E-state index contributed by atoms with van der Waals surface area (Å²) in [5.74, 6) is 1.65.